The SMILES string of the molecule is [C-]#[N+]/N=C1C=C/C(=C(/C#N)[N+]#[C-])C=C\1N(c1cc(F)cc(C#N)c1)c1cc(F)cc([N+]#[C-])c1. The van der Waals surface area contributed by atoms with E-state index in [0.29, 0.717) is 0 Å². The summed E-state index contributed by atoms with van der Waals surface area (Å²) in [5.74, 6) is -1.49. The molecule has 0 fully saturated rings. The van der Waals surface area contributed by atoms with Gasteiger partial charge in [0.15, 0.2) is 11.4 Å². The van der Waals surface area contributed by atoms with E-state index in [4.69, 9.17) is 19.7 Å². The summed E-state index contributed by atoms with van der Waals surface area (Å²) in [4.78, 5) is 10.7. The van der Waals surface area contributed by atoms with Gasteiger partial charge in [-0.25, -0.2) is 23.7 Å². The van der Waals surface area contributed by atoms with Gasteiger partial charge in [0.05, 0.1) is 47.3 Å². The van der Waals surface area contributed by atoms with Gasteiger partial charge in [-0.05, 0) is 54.1 Å². The van der Waals surface area contributed by atoms with Crippen LogP contribution in [0.4, 0.5) is 25.8 Å². The van der Waals surface area contributed by atoms with Crippen molar-refractivity contribution in [2.45, 2.75) is 0 Å². The summed E-state index contributed by atoms with van der Waals surface area (Å²) >= 11 is 0. The topological polar surface area (TPSA) is 76.3 Å². The Morgan fingerprint density at radius 1 is 0.939 bits per heavy atom. The molecule has 0 amide bonds. The van der Waals surface area contributed by atoms with Crippen LogP contribution in [0.15, 0.2) is 76.7 Å². The van der Waals surface area contributed by atoms with E-state index in [1.807, 2.05) is 6.07 Å². The van der Waals surface area contributed by atoms with Crippen molar-refractivity contribution in [3.8, 4) is 12.1 Å². The average molecular weight is 433 g/mol. The highest BCUT2D eigenvalue weighted by Gasteiger charge is 2.25. The Kier molecular flexibility index (Phi) is 6.37. The zero-order valence-corrected chi connectivity index (χ0v) is 16.6. The molecule has 0 spiro atoms. The van der Waals surface area contributed by atoms with E-state index in [2.05, 4.69) is 19.7 Å². The molecule has 0 saturated carbocycles. The Balaban J connectivity index is 2.42. The van der Waals surface area contributed by atoms with Crippen molar-refractivity contribution in [3.05, 3.63) is 123 Å². The molecule has 0 saturated heterocycles. The normalized spacial score (nSPS) is 14.7. The molecule has 0 radical (unpaired) electrons. The van der Waals surface area contributed by atoms with Gasteiger partial charge in [-0.1, -0.05) is 6.08 Å². The molecule has 33 heavy (non-hydrogen) atoms. The van der Waals surface area contributed by atoms with Crippen molar-refractivity contribution in [2.24, 2.45) is 5.10 Å². The lowest BCUT2D eigenvalue weighted by Crippen LogP contribution is -2.24. The van der Waals surface area contributed by atoms with Crippen LogP contribution in [0.2, 0.25) is 0 Å². The molecule has 0 atom stereocenters. The maximum Gasteiger partial charge on any atom is 0.269 e. The van der Waals surface area contributed by atoms with Crippen molar-refractivity contribution >= 4 is 22.8 Å². The van der Waals surface area contributed by atoms with E-state index in [-0.39, 0.29) is 45.3 Å². The molecule has 2 aromatic carbocycles. The highest BCUT2D eigenvalue weighted by Crippen LogP contribution is 2.36. The molecule has 7 nitrogen and oxygen atoms in total. The number of hydrogen-bond acceptors (Lipinski definition) is 4. The van der Waals surface area contributed by atoms with Crippen LogP contribution < -0.4 is 4.90 Å². The number of anilines is 2. The fraction of sp³-hybridized carbons (Fsp3) is 0. The van der Waals surface area contributed by atoms with Crippen LogP contribution in [0.3, 0.4) is 0 Å². The predicted octanol–water partition coefficient (Wildman–Crippen LogP) is 5.95. The largest absolute Gasteiger partial charge is 0.309 e. The quantitative estimate of drug-likeness (QED) is 0.341. The van der Waals surface area contributed by atoms with Gasteiger partial charge in [0.1, 0.15) is 11.6 Å². The van der Waals surface area contributed by atoms with Crippen LogP contribution >= 0.6 is 0 Å². The first-order valence-corrected chi connectivity index (χ1v) is 8.99. The standard InChI is InChI=1S/C24H9F2N7/c1-29-19-9-18(26)11-21(12-19)33(20-7-15(13-27)6-17(25)10-20)24-8-16(23(14-28)30-2)4-5-22(24)32-31-3/h4-12H/b23-16+,32-22+. The minimum absolute atomic E-state index is 0.0259. The second-order valence-corrected chi connectivity index (χ2v) is 6.40. The van der Waals surface area contributed by atoms with Gasteiger partial charge in [0, 0.05) is 5.69 Å². The van der Waals surface area contributed by atoms with Gasteiger partial charge in [0.2, 0.25) is 0 Å². The van der Waals surface area contributed by atoms with Crippen LogP contribution in [0, 0.1) is 54.0 Å². The summed E-state index contributed by atoms with van der Waals surface area (Å²) in [6, 6.07) is 10.5. The maximum atomic E-state index is 14.3. The molecule has 1 aliphatic rings. The number of halogens is 2. The minimum atomic E-state index is -0.749. The lowest BCUT2D eigenvalue weighted by molar-refractivity contribution is 0.627. The zero-order valence-electron chi connectivity index (χ0n) is 16.6. The third-order valence-electron chi connectivity index (χ3n) is 4.39. The summed E-state index contributed by atoms with van der Waals surface area (Å²) in [5, 5.41) is 22.3. The van der Waals surface area contributed by atoms with Crippen LogP contribution in [-0.2, 0) is 0 Å². The summed E-state index contributed by atoms with van der Waals surface area (Å²) in [7, 11) is 0. The third kappa shape index (κ3) is 4.62. The number of allylic oxidation sites excluding steroid dienone is 5. The van der Waals surface area contributed by atoms with Crippen molar-refractivity contribution in [2.75, 3.05) is 4.90 Å². The van der Waals surface area contributed by atoms with Gasteiger partial charge in [-0.15, -0.1) is 4.95 Å². The van der Waals surface area contributed by atoms with Crippen LogP contribution in [0.1, 0.15) is 5.56 Å². The number of rotatable bonds is 3. The molecule has 0 aromatic heterocycles. The first kappa shape index (κ1) is 22.1. The first-order chi connectivity index (χ1) is 15.9. The van der Waals surface area contributed by atoms with Crippen LogP contribution in [0.5, 0.6) is 0 Å². The van der Waals surface area contributed by atoms with Crippen molar-refractivity contribution in [3.63, 3.8) is 0 Å². The number of nitrogens with zero attached hydrogens (tertiary/aromatic N) is 7. The van der Waals surface area contributed by atoms with Crippen molar-refractivity contribution in [1.29, 1.82) is 10.5 Å². The van der Waals surface area contributed by atoms with E-state index in [1.54, 1.807) is 6.07 Å². The molecule has 9 heteroatoms. The molecule has 0 bridgehead atoms. The van der Waals surface area contributed by atoms with Crippen LogP contribution in [0.25, 0.3) is 14.6 Å². The van der Waals surface area contributed by atoms with Crippen molar-refractivity contribution in [1.82, 2.24) is 0 Å². The second-order valence-electron chi connectivity index (χ2n) is 6.40. The smallest absolute Gasteiger partial charge is 0.269 e. The minimum Gasteiger partial charge on any atom is -0.309 e. The summed E-state index contributed by atoms with van der Waals surface area (Å²) in [5.41, 5.74) is 0.213. The number of nitriles is 2. The molecule has 0 unspecified atom stereocenters. The number of hydrogen-bond donors (Lipinski definition) is 0. The van der Waals surface area contributed by atoms with E-state index in [0.717, 1.165) is 24.3 Å². The highest BCUT2D eigenvalue weighted by molar-refractivity contribution is 6.14. The molecule has 2 aromatic rings. The van der Waals surface area contributed by atoms with Gasteiger partial charge in [0.25, 0.3) is 5.70 Å². The number of benzene rings is 2. The molecular formula is C24H9F2N7. The van der Waals surface area contributed by atoms with Gasteiger partial charge in [-0.2, -0.15) is 11.8 Å². The Morgan fingerprint density at radius 3 is 2.24 bits per heavy atom. The monoisotopic (exact) mass is 433 g/mol. The molecule has 0 N–H and O–H groups in total. The highest BCUT2D eigenvalue weighted by atomic mass is 19.1. The molecule has 1 aliphatic carbocycles. The first-order valence-electron chi connectivity index (χ1n) is 8.99. The summed E-state index contributed by atoms with van der Waals surface area (Å²) in [6.07, 6.45) is 4.18. The summed E-state index contributed by atoms with van der Waals surface area (Å²) < 4.78 is 28.7. The Labute approximate surface area is 187 Å². The molecule has 0 aliphatic heterocycles. The molecule has 3 rings (SSSR count). The summed E-state index contributed by atoms with van der Waals surface area (Å²) in [6.45, 7) is 21.6. The second kappa shape index (κ2) is 9.50. The van der Waals surface area contributed by atoms with Gasteiger partial charge >= 0.3 is 0 Å². The van der Waals surface area contributed by atoms with E-state index < -0.39 is 11.6 Å². The van der Waals surface area contributed by atoms with E-state index in [9.17, 15) is 19.3 Å². The lowest BCUT2D eigenvalue weighted by Gasteiger charge is -2.29. The molecular weight excluding hydrogens is 424 g/mol. The maximum absolute atomic E-state index is 14.3. The molecule has 0 heterocycles. The van der Waals surface area contributed by atoms with Crippen LogP contribution in [-0.4, -0.2) is 5.71 Å². The van der Waals surface area contributed by atoms with Crippen molar-refractivity contribution < 1.29 is 8.78 Å². The lowest BCUT2D eigenvalue weighted by atomic mass is 10.0. The third-order valence-corrected chi connectivity index (χ3v) is 4.39. The van der Waals surface area contributed by atoms with E-state index >= 15 is 0 Å². The Bertz CT molecular complexity index is 1410. The fourth-order valence-electron chi connectivity index (χ4n) is 3.09. The zero-order chi connectivity index (χ0) is 24.0. The molecule has 154 valence electrons. The Morgan fingerprint density at radius 2 is 1.64 bits per heavy atom. The Hall–Kier alpha value is -5.56. The van der Waals surface area contributed by atoms with E-state index in [1.165, 1.54) is 35.3 Å². The average Bonchev–Trinajstić information content (AvgIpc) is 2.81. The predicted molar refractivity (Wildman–Crippen MR) is 116 cm³/mol. The van der Waals surface area contributed by atoms with Gasteiger partial charge in [-0.3, -0.25) is 0 Å². The fourth-order valence-corrected chi connectivity index (χ4v) is 3.09. The van der Waals surface area contributed by atoms with Gasteiger partial charge < -0.3 is 4.90 Å².